The number of nitrogens with two attached hydrogens (primary N) is 1. The van der Waals surface area contributed by atoms with Gasteiger partial charge in [0.05, 0.1) is 6.04 Å². The van der Waals surface area contributed by atoms with E-state index in [9.17, 15) is 0 Å². The Labute approximate surface area is 123 Å². The van der Waals surface area contributed by atoms with Crippen LogP contribution in [0.3, 0.4) is 0 Å². The zero-order valence-corrected chi connectivity index (χ0v) is 13.4. The van der Waals surface area contributed by atoms with Crippen molar-refractivity contribution in [1.82, 2.24) is 4.90 Å². The highest BCUT2D eigenvalue weighted by Crippen LogP contribution is 2.41. The summed E-state index contributed by atoms with van der Waals surface area (Å²) in [5.74, 6) is 1.06. The molecule has 1 aromatic rings. The molecule has 0 amide bonds. The summed E-state index contributed by atoms with van der Waals surface area (Å²) in [6, 6.07) is 7.19. The van der Waals surface area contributed by atoms with Crippen LogP contribution in [-0.2, 0) is 6.42 Å². The van der Waals surface area contributed by atoms with Crippen molar-refractivity contribution < 1.29 is 4.74 Å². The van der Waals surface area contributed by atoms with E-state index in [4.69, 9.17) is 10.5 Å². The van der Waals surface area contributed by atoms with Gasteiger partial charge in [0.2, 0.25) is 0 Å². The van der Waals surface area contributed by atoms with Crippen LogP contribution in [0.4, 0.5) is 0 Å². The van der Waals surface area contributed by atoms with Gasteiger partial charge in [0, 0.05) is 24.6 Å². The lowest BCUT2D eigenvalue weighted by Crippen LogP contribution is -2.37. The molecule has 3 heteroatoms. The molecule has 0 fully saturated rings. The minimum atomic E-state index is -0.105. The molecule has 0 aliphatic carbocycles. The number of benzene rings is 1. The number of nitrogens with zero attached hydrogens (tertiary/aromatic N) is 1. The number of hydrogen-bond donors (Lipinski definition) is 1. The van der Waals surface area contributed by atoms with Crippen LogP contribution < -0.4 is 10.5 Å². The van der Waals surface area contributed by atoms with E-state index < -0.39 is 0 Å². The van der Waals surface area contributed by atoms with E-state index in [1.807, 2.05) is 0 Å². The van der Waals surface area contributed by atoms with Gasteiger partial charge in [-0.15, -0.1) is 0 Å². The molecule has 0 aromatic heterocycles. The Balaban J connectivity index is 2.36. The molecule has 1 aliphatic rings. The Kier molecular flexibility index (Phi) is 4.40. The van der Waals surface area contributed by atoms with Crippen molar-refractivity contribution in [3.05, 3.63) is 29.3 Å². The van der Waals surface area contributed by atoms with Gasteiger partial charge < -0.3 is 10.5 Å². The van der Waals surface area contributed by atoms with Crippen molar-refractivity contribution in [3.8, 4) is 5.75 Å². The maximum Gasteiger partial charge on any atom is 0.128 e. The summed E-state index contributed by atoms with van der Waals surface area (Å²) in [5.41, 5.74) is 8.50. The second-order valence-electron chi connectivity index (χ2n) is 6.55. The van der Waals surface area contributed by atoms with E-state index in [0.29, 0.717) is 12.6 Å². The molecule has 3 nitrogen and oxygen atoms in total. The second-order valence-corrected chi connectivity index (χ2v) is 6.55. The lowest BCUT2D eigenvalue weighted by molar-refractivity contribution is 0.130. The lowest BCUT2D eigenvalue weighted by Gasteiger charge is -2.33. The van der Waals surface area contributed by atoms with Crippen molar-refractivity contribution in [2.75, 3.05) is 13.6 Å². The van der Waals surface area contributed by atoms with Crippen molar-refractivity contribution in [2.45, 2.75) is 58.2 Å². The van der Waals surface area contributed by atoms with Crippen molar-refractivity contribution >= 4 is 0 Å². The molecular formula is C17H28N2O. The maximum atomic E-state index is 6.19. The molecule has 0 bridgehead atoms. The average molecular weight is 276 g/mol. The Hall–Kier alpha value is -1.06. The molecule has 2 N–H and O–H groups in total. The fourth-order valence-corrected chi connectivity index (χ4v) is 3.01. The zero-order valence-electron chi connectivity index (χ0n) is 13.4. The first-order valence-corrected chi connectivity index (χ1v) is 7.62. The van der Waals surface area contributed by atoms with Crippen LogP contribution in [0.5, 0.6) is 5.75 Å². The monoisotopic (exact) mass is 276 g/mol. The number of rotatable bonds is 5. The number of ether oxygens (including phenoxy) is 1. The van der Waals surface area contributed by atoms with Gasteiger partial charge >= 0.3 is 0 Å². The van der Waals surface area contributed by atoms with E-state index in [-0.39, 0.29) is 11.6 Å². The Morgan fingerprint density at radius 2 is 2.10 bits per heavy atom. The van der Waals surface area contributed by atoms with Gasteiger partial charge in [-0.25, -0.2) is 0 Å². The van der Waals surface area contributed by atoms with E-state index in [0.717, 1.165) is 18.6 Å². The molecule has 0 saturated heterocycles. The topological polar surface area (TPSA) is 38.5 Å². The van der Waals surface area contributed by atoms with Crippen LogP contribution in [0.15, 0.2) is 18.2 Å². The minimum Gasteiger partial charge on any atom is -0.487 e. The molecule has 1 aliphatic heterocycles. The molecule has 1 aromatic carbocycles. The lowest BCUT2D eigenvalue weighted by atomic mass is 9.97. The van der Waals surface area contributed by atoms with E-state index in [1.54, 1.807) is 0 Å². The van der Waals surface area contributed by atoms with Crippen LogP contribution in [0.25, 0.3) is 0 Å². The van der Waals surface area contributed by atoms with Crippen molar-refractivity contribution in [2.24, 2.45) is 5.73 Å². The normalized spacial score (nSPS) is 19.6. The fourth-order valence-electron chi connectivity index (χ4n) is 3.01. The average Bonchev–Trinajstić information content (AvgIpc) is 2.73. The van der Waals surface area contributed by atoms with E-state index >= 15 is 0 Å². The van der Waals surface area contributed by atoms with Crippen molar-refractivity contribution in [3.63, 3.8) is 0 Å². The summed E-state index contributed by atoms with van der Waals surface area (Å²) in [7, 11) is 2.16. The van der Waals surface area contributed by atoms with Crippen LogP contribution in [0.2, 0.25) is 0 Å². The van der Waals surface area contributed by atoms with Gasteiger partial charge in [0.25, 0.3) is 0 Å². The summed E-state index contributed by atoms with van der Waals surface area (Å²) >= 11 is 0. The number of hydrogen-bond acceptors (Lipinski definition) is 3. The first kappa shape index (κ1) is 15.3. The molecule has 20 heavy (non-hydrogen) atoms. The van der Waals surface area contributed by atoms with Gasteiger partial charge in [0.15, 0.2) is 0 Å². The molecule has 0 radical (unpaired) electrons. The second kappa shape index (κ2) is 5.74. The van der Waals surface area contributed by atoms with E-state index in [2.05, 4.69) is 57.8 Å². The third kappa shape index (κ3) is 2.84. The molecule has 2 atom stereocenters. The van der Waals surface area contributed by atoms with Crippen LogP contribution in [-0.4, -0.2) is 30.1 Å². The fraction of sp³-hybridized carbons (Fsp3) is 0.647. The van der Waals surface area contributed by atoms with Crippen LogP contribution in [0, 0.1) is 0 Å². The van der Waals surface area contributed by atoms with Gasteiger partial charge in [-0.05, 0) is 39.8 Å². The van der Waals surface area contributed by atoms with Crippen LogP contribution in [0.1, 0.15) is 51.3 Å². The first-order chi connectivity index (χ1) is 9.39. The van der Waals surface area contributed by atoms with Gasteiger partial charge in [-0.3, -0.25) is 4.90 Å². The molecule has 112 valence electrons. The summed E-state index contributed by atoms with van der Waals surface area (Å²) in [6.45, 7) is 9.36. The van der Waals surface area contributed by atoms with Gasteiger partial charge in [0.1, 0.15) is 11.4 Å². The zero-order chi connectivity index (χ0) is 14.9. The molecular weight excluding hydrogens is 248 g/mol. The quantitative estimate of drug-likeness (QED) is 0.898. The summed E-state index contributed by atoms with van der Waals surface area (Å²) < 4.78 is 6.19. The third-order valence-electron chi connectivity index (χ3n) is 4.48. The van der Waals surface area contributed by atoms with Crippen LogP contribution >= 0.6 is 0 Å². The molecule has 0 saturated carbocycles. The maximum absolute atomic E-state index is 6.19. The van der Waals surface area contributed by atoms with Gasteiger partial charge in [-0.2, -0.15) is 0 Å². The molecule has 2 unspecified atom stereocenters. The number of likely N-dealkylation sites (N-methyl/N-ethyl adjacent to an activating group) is 1. The number of para-hydroxylation sites is 1. The summed E-state index contributed by atoms with van der Waals surface area (Å²) in [4.78, 5) is 2.37. The smallest absolute Gasteiger partial charge is 0.128 e. The predicted molar refractivity (Wildman–Crippen MR) is 84.2 cm³/mol. The Morgan fingerprint density at radius 1 is 1.40 bits per heavy atom. The largest absolute Gasteiger partial charge is 0.487 e. The standard InChI is InChI=1S/C17H28N2O/c1-6-12(2)19(5)15(11-18)14-9-7-8-13-10-17(3,4)20-16(13)14/h7-9,12,15H,6,10-11,18H2,1-5H3. The molecule has 0 spiro atoms. The Bertz CT molecular complexity index is 470. The highest BCUT2D eigenvalue weighted by atomic mass is 16.5. The van der Waals surface area contributed by atoms with Crippen molar-refractivity contribution in [1.29, 1.82) is 0 Å². The minimum absolute atomic E-state index is 0.105. The highest BCUT2D eigenvalue weighted by molar-refractivity contribution is 5.47. The predicted octanol–water partition coefficient (Wildman–Crippen LogP) is 3.13. The highest BCUT2D eigenvalue weighted by Gasteiger charge is 2.34. The summed E-state index contributed by atoms with van der Waals surface area (Å²) in [5, 5.41) is 0. The molecule has 2 rings (SSSR count). The SMILES string of the molecule is CCC(C)N(C)C(CN)c1cccc2c1OC(C)(C)C2. The third-order valence-corrected chi connectivity index (χ3v) is 4.48. The van der Waals surface area contributed by atoms with Gasteiger partial charge in [-0.1, -0.05) is 25.1 Å². The molecule has 1 heterocycles. The Morgan fingerprint density at radius 3 is 2.70 bits per heavy atom. The number of fused-ring (bicyclic) bond motifs is 1. The first-order valence-electron chi connectivity index (χ1n) is 7.62. The summed E-state index contributed by atoms with van der Waals surface area (Å²) in [6.07, 6.45) is 2.09. The van der Waals surface area contributed by atoms with E-state index in [1.165, 1.54) is 11.1 Å².